The van der Waals surface area contributed by atoms with Gasteiger partial charge in [-0.2, -0.15) is 0 Å². The number of hydrogen-bond acceptors (Lipinski definition) is 5. The predicted octanol–water partition coefficient (Wildman–Crippen LogP) is 5.42. The van der Waals surface area contributed by atoms with Crippen LogP contribution in [0, 0.1) is 5.82 Å². The number of nitrogens with one attached hydrogen (secondary N) is 2. The molecule has 0 saturated heterocycles. The molecule has 1 atom stereocenters. The van der Waals surface area contributed by atoms with Gasteiger partial charge in [-0.15, -0.1) is 0 Å². The summed E-state index contributed by atoms with van der Waals surface area (Å²) in [4.78, 5) is 11.5. The molecule has 0 saturated carbocycles. The van der Waals surface area contributed by atoms with Crippen molar-refractivity contribution < 1.29 is 22.7 Å². The Labute approximate surface area is 204 Å². The molecule has 0 aliphatic carbocycles. The van der Waals surface area contributed by atoms with Gasteiger partial charge in [-0.25, -0.2) is 12.8 Å². The van der Waals surface area contributed by atoms with Gasteiger partial charge in [-0.05, 0) is 60.9 Å². The Morgan fingerprint density at radius 1 is 1.00 bits per heavy atom. The average molecular weight is 498 g/mol. The summed E-state index contributed by atoms with van der Waals surface area (Å²) in [6.45, 7) is 2.11. The first-order valence-corrected chi connectivity index (χ1v) is 12.9. The number of carboxylic acids is 1. The van der Waals surface area contributed by atoms with E-state index in [1.54, 1.807) is 18.2 Å². The van der Waals surface area contributed by atoms with Crippen LogP contribution in [0.1, 0.15) is 38.2 Å². The van der Waals surface area contributed by atoms with Crippen molar-refractivity contribution in [2.24, 2.45) is 0 Å². The minimum atomic E-state index is -4.02. The number of fused-ring (bicyclic) bond motifs is 1. The molecule has 3 N–H and O–H groups in total. The molecule has 0 radical (unpaired) electrons. The fraction of sp³-hybridized carbons (Fsp3) is 0.269. The van der Waals surface area contributed by atoms with Gasteiger partial charge in [-0.1, -0.05) is 43.7 Å². The lowest BCUT2D eigenvalue weighted by atomic mass is 9.99. The molecule has 35 heavy (non-hydrogen) atoms. The van der Waals surface area contributed by atoms with E-state index in [2.05, 4.69) is 10.6 Å². The van der Waals surface area contributed by atoms with Gasteiger partial charge in [0.15, 0.2) is 0 Å². The molecule has 1 unspecified atom stereocenters. The summed E-state index contributed by atoms with van der Waals surface area (Å²) in [6.07, 6.45) is 2.21. The van der Waals surface area contributed by atoms with Gasteiger partial charge in [-0.3, -0.25) is 9.10 Å². The van der Waals surface area contributed by atoms with Crippen molar-refractivity contribution in [2.45, 2.75) is 49.7 Å². The number of hydrogen-bond donors (Lipinski definition) is 3. The highest BCUT2D eigenvalue weighted by atomic mass is 32.2. The lowest BCUT2D eigenvalue weighted by Crippen LogP contribution is -2.43. The lowest BCUT2D eigenvalue weighted by Gasteiger charge is -2.29. The van der Waals surface area contributed by atoms with E-state index in [1.807, 2.05) is 37.3 Å². The average Bonchev–Trinajstić information content (AvgIpc) is 3.18. The zero-order chi connectivity index (χ0) is 25.1. The van der Waals surface area contributed by atoms with Crippen LogP contribution in [0.15, 0.2) is 77.7 Å². The maximum Gasteiger partial charge on any atom is 0.307 e. The van der Waals surface area contributed by atoms with Crippen LogP contribution in [0.25, 0.3) is 0 Å². The highest BCUT2D eigenvalue weighted by Crippen LogP contribution is 2.41. The first-order chi connectivity index (χ1) is 16.7. The first-order valence-electron chi connectivity index (χ1n) is 11.5. The van der Waals surface area contributed by atoms with Gasteiger partial charge in [0.05, 0.1) is 34.9 Å². The van der Waals surface area contributed by atoms with E-state index in [1.165, 1.54) is 16.4 Å². The quantitative estimate of drug-likeness (QED) is 0.346. The zero-order valence-electron chi connectivity index (χ0n) is 19.4. The van der Waals surface area contributed by atoms with Crippen molar-refractivity contribution in [3.05, 3.63) is 84.2 Å². The number of unbranched alkanes of at least 4 members (excludes halogenated alkanes) is 1. The number of carboxylic acid groups (broad SMARTS) is 1. The van der Waals surface area contributed by atoms with E-state index in [4.69, 9.17) is 0 Å². The van der Waals surface area contributed by atoms with Crippen LogP contribution < -0.4 is 14.9 Å². The molecule has 0 bridgehead atoms. The number of nitrogens with zero attached hydrogens (tertiary/aromatic N) is 1. The van der Waals surface area contributed by atoms with Crippen molar-refractivity contribution in [3.63, 3.8) is 0 Å². The Balaban J connectivity index is 1.73. The summed E-state index contributed by atoms with van der Waals surface area (Å²) in [5.74, 6) is -1.45. The minimum absolute atomic E-state index is 0.0235. The maximum absolute atomic E-state index is 13.7. The van der Waals surface area contributed by atoms with Crippen LogP contribution in [0.5, 0.6) is 0 Å². The molecule has 3 aromatic rings. The normalized spacial score (nSPS) is 16.7. The standard InChI is InChI=1S/C26H28FN3O4S/c1-2-3-15-26(17-25(31)32)28-23-14-11-21(16-24(23)29-26)30(18-19-7-5-4-6-8-19)35(33,34)22-12-9-20(27)10-13-22/h4-14,16,28-29H,2-3,15,17-18H2,1H3,(H,31,32). The Morgan fingerprint density at radius 2 is 1.69 bits per heavy atom. The van der Waals surface area contributed by atoms with Gasteiger partial charge >= 0.3 is 5.97 Å². The zero-order valence-corrected chi connectivity index (χ0v) is 20.2. The molecule has 3 aromatic carbocycles. The third-order valence-corrected chi connectivity index (χ3v) is 7.81. The van der Waals surface area contributed by atoms with E-state index in [0.29, 0.717) is 23.5 Å². The highest BCUT2D eigenvalue weighted by molar-refractivity contribution is 7.92. The largest absolute Gasteiger partial charge is 0.481 e. The maximum atomic E-state index is 13.7. The molecule has 9 heteroatoms. The molecule has 1 aliphatic heterocycles. The van der Waals surface area contributed by atoms with Crippen LogP contribution in [0.4, 0.5) is 21.5 Å². The Hall–Kier alpha value is -3.59. The number of rotatable bonds is 10. The molecular formula is C26H28FN3O4S. The van der Waals surface area contributed by atoms with Gasteiger partial charge in [0, 0.05) is 0 Å². The molecule has 7 nitrogen and oxygen atoms in total. The summed E-state index contributed by atoms with van der Waals surface area (Å²) in [5, 5.41) is 16.1. The molecule has 0 amide bonds. The van der Waals surface area contributed by atoms with Crippen LogP contribution in [0.3, 0.4) is 0 Å². The van der Waals surface area contributed by atoms with E-state index < -0.39 is 27.5 Å². The summed E-state index contributed by atoms with van der Waals surface area (Å²) in [6, 6.07) is 19.1. The second kappa shape index (κ2) is 9.95. The third-order valence-electron chi connectivity index (χ3n) is 6.02. The monoisotopic (exact) mass is 497 g/mol. The van der Waals surface area contributed by atoms with Crippen molar-refractivity contribution in [1.29, 1.82) is 0 Å². The van der Waals surface area contributed by atoms with Crippen molar-refractivity contribution in [2.75, 3.05) is 14.9 Å². The van der Waals surface area contributed by atoms with Crippen LogP contribution >= 0.6 is 0 Å². The smallest absolute Gasteiger partial charge is 0.307 e. The van der Waals surface area contributed by atoms with Gasteiger partial charge in [0.1, 0.15) is 11.5 Å². The number of sulfonamides is 1. The van der Waals surface area contributed by atoms with Gasteiger partial charge < -0.3 is 15.7 Å². The van der Waals surface area contributed by atoms with Gasteiger partial charge in [0.2, 0.25) is 0 Å². The Bertz CT molecular complexity index is 1300. The lowest BCUT2D eigenvalue weighted by molar-refractivity contribution is -0.138. The minimum Gasteiger partial charge on any atom is -0.481 e. The Kier molecular flexibility index (Phi) is 6.98. The summed E-state index contributed by atoms with van der Waals surface area (Å²) >= 11 is 0. The number of anilines is 3. The van der Waals surface area contributed by atoms with E-state index in [0.717, 1.165) is 30.5 Å². The summed E-state index contributed by atoms with van der Waals surface area (Å²) in [7, 11) is -4.02. The first kappa shape index (κ1) is 24.5. The third kappa shape index (κ3) is 5.40. The molecule has 0 aromatic heterocycles. The van der Waals surface area contributed by atoms with Crippen molar-refractivity contribution in [3.8, 4) is 0 Å². The summed E-state index contributed by atoms with van der Waals surface area (Å²) < 4.78 is 42.1. The number of halogens is 1. The highest BCUT2D eigenvalue weighted by Gasteiger charge is 2.38. The number of benzene rings is 3. The Morgan fingerprint density at radius 3 is 2.34 bits per heavy atom. The van der Waals surface area contributed by atoms with E-state index in [-0.39, 0.29) is 17.9 Å². The van der Waals surface area contributed by atoms with Crippen LogP contribution in [0.2, 0.25) is 0 Å². The molecule has 4 rings (SSSR count). The van der Waals surface area contributed by atoms with E-state index in [9.17, 15) is 22.7 Å². The second-order valence-electron chi connectivity index (χ2n) is 8.69. The molecule has 184 valence electrons. The fourth-order valence-corrected chi connectivity index (χ4v) is 5.73. The topological polar surface area (TPSA) is 98.7 Å². The number of carbonyl (C=O) groups is 1. The SMILES string of the molecule is CCCCC1(CC(=O)O)Nc2ccc(N(Cc3ccccc3)S(=O)(=O)c3ccc(F)cc3)cc2N1. The molecule has 0 spiro atoms. The van der Waals surface area contributed by atoms with Gasteiger partial charge in [0.25, 0.3) is 10.0 Å². The predicted molar refractivity (Wildman–Crippen MR) is 134 cm³/mol. The summed E-state index contributed by atoms with van der Waals surface area (Å²) in [5.41, 5.74) is 1.70. The molecule has 1 aliphatic rings. The molecule has 1 heterocycles. The van der Waals surface area contributed by atoms with Crippen molar-refractivity contribution in [1.82, 2.24) is 0 Å². The fourth-order valence-electron chi connectivity index (χ4n) is 4.28. The van der Waals surface area contributed by atoms with Crippen LogP contribution in [-0.2, 0) is 21.4 Å². The van der Waals surface area contributed by atoms with Crippen LogP contribution in [-0.4, -0.2) is 25.2 Å². The molecular weight excluding hydrogens is 469 g/mol. The van der Waals surface area contributed by atoms with Crippen molar-refractivity contribution >= 4 is 33.1 Å². The second-order valence-corrected chi connectivity index (χ2v) is 10.5. The van der Waals surface area contributed by atoms with E-state index >= 15 is 0 Å². The molecule has 0 fully saturated rings. The number of aliphatic carboxylic acids is 1.